The molecular weight excluding hydrogens is 552 g/mol. The summed E-state index contributed by atoms with van der Waals surface area (Å²) < 4.78 is 18.3. The molecule has 8 nitrogen and oxygen atoms in total. The van der Waals surface area contributed by atoms with E-state index in [1.165, 1.54) is 16.2 Å². The van der Waals surface area contributed by atoms with Crippen molar-refractivity contribution >= 4 is 44.1 Å². The van der Waals surface area contributed by atoms with Gasteiger partial charge in [0, 0.05) is 12.0 Å². The van der Waals surface area contributed by atoms with Crippen molar-refractivity contribution in [2.24, 2.45) is 0 Å². The highest BCUT2D eigenvalue weighted by atomic mass is 32.1. The molecule has 0 saturated carbocycles. The van der Waals surface area contributed by atoms with E-state index in [0.29, 0.717) is 40.8 Å². The smallest absolute Gasteiger partial charge is 0.301 e. The summed E-state index contributed by atoms with van der Waals surface area (Å²) >= 11 is 1.33. The lowest BCUT2D eigenvalue weighted by Crippen LogP contribution is -2.29. The topological polar surface area (TPSA) is 98.2 Å². The summed E-state index contributed by atoms with van der Waals surface area (Å²) in [5.41, 5.74) is 3.75. The number of aromatic nitrogens is 1. The number of aliphatic hydroxyl groups excluding tert-OH is 1. The molecule has 2 atom stereocenters. The van der Waals surface area contributed by atoms with Crippen molar-refractivity contribution in [1.29, 1.82) is 0 Å². The highest BCUT2D eigenvalue weighted by molar-refractivity contribution is 7.22. The molecule has 0 aliphatic carbocycles. The number of ether oxygens (including phenoxy) is 3. The summed E-state index contributed by atoms with van der Waals surface area (Å²) in [5, 5.41) is 12.0. The van der Waals surface area contributed by atoms with E-state index in [9.17, 15) is 14.7 Å². The van der Waals surface area contributed by atoms with Crippen LogP contribution in [0, 0.1) is 6.92 Å². The molecule has 1 fully saturated rings. The summed E-state index contributed by atoms with van der Waals surface area (Å²) in [6, 6.07) is 15.6. The Balaban J connectivity index is 1.51. The predicted octanol–water partition coefficient (Wildman–Crippen LogP) is 6.74. The van der Waals surface area contributed by atoms with E-state index in [4.69, 9.17) is 19.2 Å². The number of amides is 1. The normalized spacial score (nSPS) is 19.3. The van der Waals surface area contributed by atoms with Crippen LogP contribution in [0.15, 0.2) is 60.2 Å². The second-order valence-electron chi connectivity index (χ2n) is 10.7. The molecule has 0 unspecified atom stereocenters. The zero-order chi connectivity index (χ0) is 29.5. The lowest BCUT2D eigenvalue weighted by Gasteiger charge is -2.24. The van der Waals surface area contributed by atoms with Crippen molar-refractivity contribution in [3.05, 3.63) is 82.4 Å². The second-order valence-corrected chi connectivity index (χ2v) is 11.7. The molecule has 4 aromatic rings. The monoisotopic (exact) mass is 584 g/mol. The highest BCUT2D eigenvalue weighted by Crippen LogP contribution is 2.46. The number of Topliss-reactive ketones (excluding diaryl/α,β-unsaturated/α-hetero) is 1. The van der Waals surface area contributed by atoms with E-state index < -0.39 is 17.7 Å². The van der Waals surface area contributed by atoms with Crippen LogP contribution in [0.5, 0.6) is 17.2 Å². The van der Waals surface area contributed by atoms with Crippen LogP contribution in [-0.4, -0.2) is 41.6 Å². The largest absolute Gasteiger partial charge is 0.507 e. The quantitative estimate of drug-likeness (QED) is 0.106. The maximum atomic E-state index is 13.7. The molecule has 1 N–H and O–H groups in total. The summed E-state index contributed by atoms with van der Waals surface area (Å²) in [7, 11) is 1.55. The number of nitrogens with zero attached hydrogens (tertiary/aromatic N) is 2. The number of unbranched alkanes of at least 4 members (excludes halogenated alkanes) is 1. The van der Waals surface area contributed by atoms with Gasteiger partial charge in [-0.05, 0) is 79.4 Å². The van der Waals surface area contributed by atoms with E-state index in [2.05, 4.69) is 6.92 Å². The molecule has 1 saturated heterocycles. The third-order valence-electron chi connectivity index (χ3n) is 7.61. The van der Waals surface area contributed by atoms with Gasteiger partial charge >= 0.3 is 5.91 Å². The maximum absolute atomic E-state index is 13.7. The Kier molecular flexibility index (Phi) is 7.36. The van der Waals surface area contributed by atoms with E-state index in [0.717, 1.165) is 39.9 Å². The summed E-state index contributed by atoms with van der Waals surface area (Å²) in [6.07, 6.45) is 2.60. The predicted molar refractivity (Wildman–Crippen MR) is 163 cm³/mol. The molecular formula is C33H32N2O6S. The Bertz CT molecular complexity index is 1740. The number of benzene rings is 3. The Labute approximate surface area is 248 Å². The van der Waals surface area contributed by atoms with Gasteiger partial charge in [-0.15, -0.1) is 0 Å². The van der Waals surface area contributed by atoms with Gasteiger partial charge in [0.05, 0.1) is 35.5 Å². The van der Waals surface area contributed by atoms with E-state index in [1.807, 2.05) is 38.1 Å². The van der Waals surface area contributed by atoms with Crippen molar-refractivity contribution in [1.82, 2.24) is 4.98 Å². The minimum absolute atomic E-state index is 0.0101. The van der Waals surface area contributed by atoms with Crippen LogP contribution in [0.3, 0.4) is 0 Å². The molecule has 3 heterocycles. The SMILES string of the molecule is CCCCOc1ccc([C@@H]2/C(=C(\O)c3ccc4c(c3)C[C@H](C)O4)C(=O)C(=O)N2c2nc3ccc(C)cc3s2)cc1OC. The number of fused-ring (bicyclic) bond motifs is 2. The fourth-order valence-electron chi connectivity index (χ4n) is 5.49. The Morgan fingerprint density at radius 1 is 1.12 bits per heavy atom. The van der Waals surface area contributed by atoms with Crippen LogP contribution in [0.2, 0.25) is 0 Å². The Morgan fingerprint density at radius 2 is 1.95 bits per heavy atom. The van der Waals surface area contributed by atoms with Crippen LogP contribution >= 0.6 is 11.3 Å². The zero-order valence-electron chi connectivity index (χ0n) is 24.0. The number of methoxy groups -OCH3 is 1. The summed E-state index contributed by atoms with van der Waals surface area (Å²) in [5.74, 6) is 0.0113. The number of anilines is 1. The molecule has 0 spiro atoms. The van der Waals surface area contributed by atoms with Gasteiger partial charge < -0.3 is 19.3 Å². The van der Waals surface area contributed by atoms with E-state index in [-0.39, 0.29) is 17.4 Å². The molecule has 216 valence electrons. The molecule has 2 aliphatic rings. The minimum atomic E-state index is -0.936. The number of rotatable bonds is 8. The average Bonchev–Trinajstić information content (AvgIpc) is 3.64. The van der Waals surface area contributed by atoms with Gasteiger partial charge in [0.25, 0.3) is 5.78 Å². The van der Waals surface area contributed by atoms with E-state index >= 15 is 0 Å². The second kappa shape index (κ2) is 11.1. The van der Waals surface area contributed by atoms with Crippen LogP contribution in [-0.2, 0) is 16.0 Å². The zero-order valence-corrected chi connectivity index (χ0v) is 24.8. The molecule has 1 aromatic heterocycles. The van der Waals surface area contributed by atoms with Crippen molar-refractivity contribution < 1.29 is 28.9 Å². The van der Waals surface area contributed by atoms with Gasteiger partial charge in [-0.3, -0.25) is 14.5 Å². The van der Waals surface area contributed by atoms with Crippen LogP contribution in [0.1, 0.15) is 55.0 Å². The standard InChI is InChI=1S/C33H32N2O6S/c1-5-6-13-40-25-12-8-20(17-26(25)39-4)29-28(30(36)21-9-11-24-22(16-21)15-19(3)41-24)31(37)32(38)35(29)33-34-23-10-7-18(2)14-27(23)42-33/h7-12,14,16-17,19,29,36H,5-6,13,15H2,1-4H3/b30-28+/t19-,29+/m0/s1. The van der Waals surface area contributed by atoms with Crippen LogP contribution < -0.4 is 19.1 Å². The Hall–Kier alpha value is -4.37. The third-order valence-corrected chi connectivity index (χ3v) is 8.63. The van der Waals surface area contributed by atoms with Crippen LogP contribution in [0.4, 0.5) is 5.13 Å². The third kappa shape index (κ3) is 4.87. The van der Waals surface area contributed by atoms with Gasteiger partial charge in [-0.2, -0.15) is 0 Å². The number of hydrogen-bond acceptors (Lipinski definition) is 8. The Morgan fingerprint density at radius 3 is 2.74 bits per heavy atom. The highest BCUT2D eigenvalue weighted by Gasteiger charge is 2.48. The molecule has 6 rings (SSSR count). The average molecular weight is 585 g/mol. The van der Waals surface area contributed by atoms with Gasteiger partial charge in [-0.1, -0.05) is 36.8 Å². The van der Waals surface area contributed by atoms with Crippen molar-refractivity contribution in [2.45, 2.75) is 52.2 Å². The minimum Gasteiger partial charge on any atom is -0.507 e. The van der Waals surface area contributed by atoms with Crippen molar-refractivity contribution in [3.8, 4) is 17.2 Å². The molecule has 0 bridgehead atoms. The first-order valence-electron chi connectivity index (χ1n) is 14.1. The first-order chi connectivity index (χ1) is 20.3. The van der Waals surface area contributed by atoms with Gasteiger partial charge in [-0.25, -0.2) is 4.98 Å². The number of carbonyl (C=O) groups excluding carboxylic acids is 2. The van der Waals surface area contributed by atoms with Gasteiger partial charge in [0.2, 0.25) is 0 Å². The van der Waals surface area contributed by atoms with Crippen LogP contribution in [0.25, 0.3) is 16.0 Å². The first kappa shape index (κ1) is 27.8. The number of thiazole rings is 1. The molecule has 2 aliphatic heterocycles. The number of hydrogen-bond donors (Lipinski definition) is 1. The number of aryl methyl sites for hydroxylation is 1. The number of carbonyl (C=O) groups is 2. The van der Waals surface area contributed by atoms with Gasteiger partial charge in [0.1, 0.15) is 17.6 Å². The van der Waals surface area contributed by atoms with Crippen molar-refractivity contribution in [2.75, 3.05) is 18.6 Å². The number of ketones is 1. The fraction of sp³-hybridized carbons (Fsp3) is 0.303. The number of aliphatic hydroxyl groups is 1. The molecule has 1 amide bonds. The van der Waals surface area contributed by atoms with Gasteiger partial charge in [0.15, 0.2) is 16.6 Å². The summed E-state index contributed by atoms with van der Waals surface area (Å²) in [6.45, 7) is 6.60. The lowest BCUT2D eigenvalue weighted by molar-refractivity contribution is -0.132. The molecule has 42 heavy (non-hydrogen) atoms. The lowest BCUT2D eigenvalue weighted by atomic mass is 9.94. The first-order valence-corrected chi connectivity index (χ1v) is 14.9. The molecule has 9 heteroatoms. The van der Waals surface area contributed by atoms with Crippen molar-refractivity contribution in [3.63, 3.8) is 0 Å². The fourth-order valence-corrected chi connectivity index (χ4v) is 6.58. The molecule has 0 radical (unpaired) electrons. The van der Waals surface area contributed by atoms with E-state index in [1.54, 1.807) is 37.4 Å². The summed E-state index contributed by atoms with van der Waals surface area (Å²) in [4.78, 5) is 33.6. The molecule has 3 aromatic carbocycles. The maximum Gasteiger partial charge on any atom is 0.301 e.